The first-order valence-electron chi connectivity index (χ1n) is 10.0. The third kappa shape index (κ3) is 4.73. The molecule has 1 aliphatic heterocycles. The van der Waals surface area contributed by atoms with E-state index in [1.807, 2.05) is 31.2 Å². The molecule has 1 saturated heterocycles. The van der Waals surface area contributed by atoms with Crippen LogP contribution in [-0.4, -0.2) is 37.8 Å². The first-order chi connectivity index (χ1) is 14.3. The first-order valence-corrected chi connectivity index (χ1v) is 11.5. The van der Waals surface area contributed by atoms with Gasteiger partial charge in [-0.25, -0.2) is 8.42 Å². The van der Waals surface area contributed by atoms with Crippen molar-refractivity contribution in [3.05, 3.63) is 58.1 Å². The number of hydrogen-bond donors (Lipinski definition) is 1. The number of nitrogens with one attached hydrogen (secondary N) is 1. The number of nitro groups is 1. The van der Waals surface area contributed by atoms with E-state index in [1.165, 1.54) is 16.4 Å². The van der Waals surface area contributed by atoms with Gasteiger partial charge in [-0.3, -0.25) is 10.1 Å². The number of para-hydroxylation sites is 1. The van der Waals surface area contributed by atoms with Gasteiger partial charge in [0.05, 0.1) is 23.0 Å². The van der Waals surface area contributed by atoms with E-state index in [9.17, 15) is 18.5 Å². The molecule has 3 rings (SSSR count). The Morgan fingerprint density at radius 1 is 1.10 bits per heavy atom. The molecule has 1 atom stereocenters. The summed E-state index contributed by atoms with van der Waals surface area (Å²) in [5, 5.41) is 14.8. The van der Waals surface area contributed by atoms with Crippen molar-refractivity contribution in [2.24, 2.45) is 0 Å². The second-order valence-electron chi connectivity index (χ2n) is 7.36. The molecule has 162 valence electrons. The summed E-state index contributed by atoms with van der Waals surface area (Å²) >= 11 is 0. The molecule has 1 unspecified atom stereocenters. The predicted molar refractivity (Wildman–Crippen MR) is 115 cm³/mol. The van der Waals surface area contributed by atoms with Crippen LogP contribution < -0.4 is 10.1 Å². The molecule has 2 aromatic rings. The highest BCUT2D eigenvalue weighted by molar-refractivity contribution is 7.89. The molecular formula is C21H27N3O5S. The Morgan fingerprint density at radius 3 is 2.40 bits per heavy atom. The number of nitrogens with zero attached hydrogens (tertiary/aromatic N) is 2. The second kappa shape index (κ2) is 9.44. The molecule has 1 aliphatic rings. The zero-order valence-electron chi connectivity index (χ0n) is 17.2. The van der Waals surface area contributed by atoms with Gasteiger partial charge in [-0.1, -0.05) is 31.0 Å². The van der Waals surface area contributed by atoms with Gasteiger partial charge >= 0.3 is 0 Å². The topological polar surface area (TPSA) is 102 Å². The minimum Gasteiger partial charge on any atom is -0.496 e. The van der Waals surface area contributed by atoms with Gasteiger partial charge in [-0.15, -0.1) is 0 Å². The van der Waals surface area contributed by atoms with Crippen LogP contribution in [0.1, 0.15) is 44.2 Å². The minimum absolute atomic E-state index is 0.0494. The fraction of sp³-hybridized carbons (Fsp3) is 0.429. The van der Waals surface area contributed by atoms with Gasteiger partial charge in [-0.05, 0) is 38.0 Å². The van der Waals surface area contributed by atoms with Crippen molar-refractivity contribution in [1.82, 2.24) is 4.31 Å². The quantitative estimate of drug-likeness (QED) is 0.515. The zero-order valence-corrected chi connectivity index (χ0v) is 18.0. The summed E-state index contributed by atoms with van der Waals surface area (Å²) < 4.78 is 32.8. The van der Waals surface area contributed by atoms with Crippen molar-refractivity contribution in [2.45, 2.75) is 43.5 Å². The van der Waals surface area contributed by atoms with Crippen LogP contribution in [0, 0.1) is 10.1 Å². The summed E-state index contributed by atoms with van der Waals surface area (Å²) in [7, 11) is -2.20. The van der Waals surface area contributed by atoms with Gasteiger partial charge in [-0.2, -0.15) is 4.31 Å². The van der Waals surface area contributed by atoms with Gasteiger partial charge in [0.2, 0.25) is 10.0 Å². The summed E-state index contributed by atoms with van der Waals surface area (Å²) in [6.45, 7) is 2.76. The van der Waals surface area contributed by atoms with Crippen LogP contribution in [-0.2, 0) is 10.0 Å². The highest BCUT2D eigenvalue weighted by Gasteiger charge is 2.28. The van der Waals surface area contributed by atoms with Crippen molar-refractivity contribution in [3.63, 3.8) is 0 Å². The van der Waals surface area contributed by atoms with Crippen molar-refractivity contribution in [2.75, 3.05) is 25.5 Å². The molecule has 8 nitrogen and oxygen atoms in total. The highest BCUT2D eigenvalue weighted by Crippen LogP contribution is 2.34. The Kier molecular flexibility index (Phi) is 6.94. The maximum absolute atomic E-state index is 13.0. The molecule has 0 aliphatic carbocycles. The summed E-state index contributed by atoms with van der Waals surface area (Å²) in [4.78, 5) is 11.1. The van der Waals surface area contributed by atoms with E-state index in [4.69, 9.17) is 4.74 Å². The Morgan fingerprint density at radius 2 is 1.77 bits per heavy atom. The van der Waals surface area contributed by atoms with E-state index >= 15 is 0 Å². The van der Waals surface area contributed by atoms with Gasteiger partial charge in [0.15, 0.2) is 0 Å². The van der Waals surface area contributed by atoms with Crippen LogP contribution >= 0.6 is 0 Å². The molecule has 0 spiro atoms. The largest absolute Gasteiger partial charge is 0.496 e. The van der Waals surface area contributed by atoms with Crippen molar-refractivity contribution >= 4 is 21.4 Å². The highest BCUT2D eigenvalue weighted by atomic mass is 32.2. The molecule has 1 fully saturated rings. The molecule has 1 heterocycles. The Hall–Kier alpha value is -2.65. The van der Waals surface area contributed by atoms with Crippen molar-refractivity contribution < 1.29 is 18.1 Å². The number of sulfonamides is 1. The van der Waals surface area contributed by atoms with E-state index in [2.05, 4.69) is 5.32 Å². The SMILES string of the molecule is COc1ccccc1C(C)Nc1ccc(S(=O)(=O)N2CCCCCC2)cc1[N+](=O)[O-]. The lowest BCUT2D eigenvalue weighted by atomic mass is 10.1. The molecule has 0 amide bonds. The van der Waals surface area contributed by atoms with Gasteiger partial charge in [0.25, 0.3) is 5.69 Å². The summed E-state index contributed by atoms with van der Waals surface area (Å²) in [5.74, 6) is 0.667. The van der Waals surface area contributed by atoms with Crippen LogP contribution in [0.2, 0.25) is 0 Å². The lowest BCUT2D eigenvalue weighted by Gasteiger charge is -2.21. The predicted octanol–water partition coefficient (Wildman–Crippen LogP) is 4.34. The zero-order chi connectivity index (χ0) is 21.7. The molecule has 0 radical (unpaired) electrons. The Bertz CT molecular complexity index is 1000. The fourth-order valence-corrected chi connectivity index (χ4v) is 5.25. The van der Waals surface area contributed by atoms with Crippen LogP contribution in [0.25, 0.3) is 0 Å². The van der Waals surface area contributed by atoms with Crippen LogP contribution in [0.15, 0.2) is 47.4 Å². The monoisotopic (exact) mass is 433 g/mol. The van der Waals surface area contributed by atoms with Crippen LogP contribution in [0.3, 0.4) is 0 Å². The smallest absolute Gasteiger partial charge is 0.293 e. The van der Waals surface area contributed by atoms with E-state index in [0.29, 0.717) is 18.8 Å². The third-order valence-electron chi connectivity index (χ3n) is 5.35. The van der Waals surface area contributed by atoms with E-state index < -0.39 is 14.9 Å². The van der Waals surface area contributed by atoms with Crippen molar-refractivity contribution in [3.8, 4) is 5.75 Å². The normalized spacial score (nSPS) is 16.5. The number of benzene rings is 2. The average molecular weight is 434 g/mol. The summed E-state index contributed by atoms with van der Waals surface area (Å²) in [5.41, 5.74) is 0.830. The van der Waals surface area contributed by atoms with Crippen LogP contribution in [0.4, 0.5) is 11.4 Å². The molecule has 2 aromatic carbocycles. The van der Waals surface area contributed by atoms with Gasteiger partial charge in [0.1, 0.15) is 11.4 Å². The molecule has 30 heavy (non-hydrogen) atoms. The molecule has 0 bridgehead atoms. The van der Waals surface area contributed by atoms with E-state index in [1.54, 1.807) is 7.11 Å². The molecular weight excluding hydrogens is 406 g/mol. The maximum Gasteiger partial charge on any atom is 0.293 e. The average Bonchev–Trinajstić information content (AvgIpc) is 3.03. The van der Waals surface area contributed by atoms with Crippen molar-refractivity contribution in [1.29, 1.82) is 0 Å². The fourth-order valence-electron chi connectivity index (χ4n) is 3.71. The number of ether oxygens (including phenoxy) is 1. The number of anilines is 1. The first kappa shape index (κ1) is 22.0. The Labute approximate surface area is 177 Å². The molecule has 0 saturated carbocycles. The lowest BCUT2D eigenvalue weighted by Crippen LogP contribution is -2.32. The van der Waals surface area contributed by atoms with Gasteiger partial charge in [0, 0.05) is 24.7 Å². The molecule has 0 aromatic heterocycles. The van der Waals surface area contributed by atoms with E-state index in [0.717, 1.165) is 37.3 Å². The minimum atomic E-state index is -3.77. The molecule has 1 N–H and O–H groups in total. The standard InChI is InChI=1S/C21H27N3O5S/c1-16(18-9-5-6-10-21(18)29-2)22-19-12-11-17(15-20(19)24(25)26)30(27,28)23-13-7-3-4-8-14-23/h5-6,9-12,15-16,22H,3-4,7-8,13-14H2,1-2H3. The second-order valence-corrected chi connectivity index (χ2v) is 9.30. The molecule has 9 heteroatoms. The summed E-state index contributed by atoms with van der Waals surface area (Å²) in [6, 6.07) is 11.2. The number of nitro benzene ring substituents is 1. The van der Waals surface area contributed by atoms with E-state index in [-0.39, 0.29) is 22.3 Å². The number of rotatable bonds is 7. The third-order valence-corrected chi connectivity index (χ3v) is 7.24. The summed E-state index contributed by atoms with van der Waals surface area (Å²) in [6.07, 6.45) is 3.60. The van der Waals surface area contributed by atoms with Gasteiger partial charge < -0.3 is 10.1 Å². The Balaban J connectivity index is 1.91. The number of hydrogen-bond acceptors (Lipinski definition) is 6. The maximum atomic E-state index is 13.0. The van der Waals surface area contributed by atoms with Crippen LogP contribution in [0.5, 0.6) is 5.75 Å². The number of methoxy groups -OCH3 is 1. The lowest BCUT2D eigenvalue weighted by molar-refractivity contribution is -0.384.